The van der Waals surface area contributed by atoms with E-state index in [2.05, 4.69) is 4.72 Å². The minimum Gasteiger partial charge on any atom is -0.342 e. The molecule has 0 heterocycles. The summed E-state index contributed by atoms with van der Waals surface area (Å²) in [5, 5.41) is 0.108. The van der Waals surface area contributed by atoms with Crippen LogP contribution in [0.2, 0.25) is 5.02 Å². The molecule has 0 saturated carbocycles. The highest BCUT2D eigenvalue weighted by atomic mass is 35.5. The van der Waals surface area contributed by atoms with Crippen molar-refractivity contribution in [3.05, 3.63) is 65.2 Å². The molecular weight excluding hydrogens is 360 g/mol. The lowest BCUT2D eigenvalue weighted by Crippen LogP contribution is -2.42. The Labute approximate surface area is 153 Å². The maximum Gasteiger partial charge on any atom is 0.245 e. The van der Waals surface area contributed by atoms with E-state index < -0.39 is 16.1 Å². The summed E-state index contributed by atoms with van der Waals surface area (Å²) in [7, 11) is -3.96. The molecule has 2 aromatic rings. The summed E-state index contributed by atoms with van der Waals surface area (Å²) < 4.78 is 28.1. The highest BCUT2D eigenvalue weighted by Crippen LogP contribution is 2.24. The van der Waals surface area contributed by atoms with Crippen LogP contribution in [-0.4, -0.2) is 32.3 Å². The van der Waals surface area contributed by atoms with E-state index in [1.165, 1.54) is 12.1 Å². The van der Waals surface area contributed by atoms with Crippen LogP contribution >= 0.6 is 11.6 Å². The van der Waals surface area contributed by atoms with Crippen molar-refractivity contribution in [3.8, 4) is 0 Å². The van der Waals surface area contributed by atoms with Gasteiger partial charge in [-0.2, -0.15) is 4.72 Å². The lowest BCUT2D eigenvalue weighted by Gasteiger charge is -2.26. The molecule has 0 aromatic heterocycles. The lowest BCUT2D eigenvalue weighted by atomic mass is 10.1. The zero-order chi connectivity index (χ0) is 18.4. The fourth-order valence-electron chi connectivity index (χ4n) is 2.51. The van der Waals surface area contributed by atoms with Crippen molar-refractivity contribution in [1.82, 2.24) is 9.62 Å². The second kappa shape index (κ2) is 8.47. The Morgan fingerprint density at radius 2 is 1.60 bits per heavy atom. The number of likely N-dealkylation sites (N-methyl/N-ethyl adjacent to an activating group) is 1. The number of hydrogen-bond donors (Lipinski definition) is 1. The molecule has 25 heavy (non-hydrogen) atoms. The minimum atomic E-state index is -3.96. The Balaban J connectivity index is 2.43. The third kappa shape index (κ3) is 4.60. The topological polar surface area (TPSA) is 66.5 Å². The van der Waals surface area contributed by atoms with Crippen molar-refractivity contribution >= 4 is 27.5 Å². The largest absolute Gasteiger partial charge is 0.342 e. The Kier molecular flexibility index (Phi) is 6.58. The number of halogens is 1. The van der Waals surface area contributed by atoms with Crippen molar-refractivity contribution in [3.63, 3.8) is 0 Å². The van der Waals surface area contributed by atoms with Crippen LogP contribution in [-0.2, 0) is 14.8 Å². The van der Waals surface area contributed by atoms with E-state index in [0.717, 1.165) is 0 Å². The highest BCUT2D eigenvalue weighted by Gasteiger charge is 2.30. The van der Waals surface area contributed by atoms with Gasteiger partial charge in [-0.3, -0.25) is 4.79 Å². The quantitative estimate of drug-likeness (QED) is 0.801. The van der Waals surface area contributed by atoms with Crippen LogP contribution in [0.15, 0.2) is 59.5 Å². The molecule has 2 rings (SSSR count). The molecule has 0 fully saturated rings. The molecule has 7 heteroatoms. The number of nitrogens with one attached hydrogen (secondary N) is 1. The summed E-state index contributed by atoms with van der Waals surface area (Å²) in [6.45, 7) is 4.69. The van der Waals surface area contributed by atoms with Crippen LogP contribution in [0, 0.1) is 0 Å². The van der Waals surface area contributed by atoms with E-state index in [9.17, 15) is 13.2 Å². The molecule has 1 N–H and O–H groups in total. The van der Waals surface area contributed by atoms with E-state index in [4.69, 9.17) is 11.6 Å². The molecule has 2 aromatic carbocycles. The Morgan fingerprint density at radius 3 is 2.16 bits per heavy atom. The van der Waals surface area contributed by atoms with Gasteiger partial charge in [-0.15, -0.1) is 0 Å². The van der Waals surface area contributed by atoms with Gasteiger partial charge in [-0.25, -0.2) is 8.42 Å². The predicted molar refractivity (Wildman–Crippen MR) is 98.9 cm³/mol. The van der Waals surface area contributed by atoms with Crippen molar-refractivity contribution in [1.29, 1.82) is 0 Å². The molecule has 1 atom stereocenters. The van der Waals surface area contributed by atoms with Gasteiger partial charge in [0.2, 0.25) is 15.9 Å². The van der Waals surface area contributed by atoms with Crippen LogP contribution in [0.1, 0.15) is 25.5 Å². The van der Waals surface area contributed by atoms with Crippen molar-refractivity contribution in [2.45, 2.75) is 24.8 Å². The highest BCUT2D eigenvalue weighted by molar-refractivity contribution is 7.89. The van der Waals surface area contributed by atoms with E-state index in [1.807, 2.05) is 19.9 Å². The van der Waals surface area contributed by atoms with E-state index in [0.29, 0.717) is 18.7 Å². The first-order valence-corrected chi connectivity index (χ1v) is 9.87. The molecular formula is C18H21ClN2O3S. The summed E-state index contributed by atoms with van der Waals surface area (Å²) in [5.41, 5.74) is 0.579. The SMILES string of the molecule is CCN(CC)C(=O)[C@@H](NS(=O)(=O)c1ccccc1Cl)c1ccccc1. The number of carbonyl (C=O) groups is 1. The van der Waals surface area contributed by atoms with E-state index in [1.54, 1.807) is 41.3 Å². The minimum absolute atomic E-state index is 0.0510. The maximum absolute atomic E-state index is 12.9. The number of carbonyl (C=O) groups excluding carboxylic acids is 1. The summed E-state index contributed by atoms with van der Waals surface area (Å²) in [5.74, 6) is -0.299. The van der Waals surface area contributed by atoms with Gasteiger partial charge in [0, 0.05) is 13.1 Å². The van der Waals surface area contributed by atoms with E-state index in [-0.39, 0.29) is 15.8 Å². The third-order valence-electron chi connectivity index (χ3n) is 3.85. The second-order valence-electron chi connectivity index (χ2n) is 5.41. The number of amides is 1. The molecule has 0 saturated heterocycles. The fraction of sp³-hybridized carbons (Fsp3) is 0.278. The Bertz CT molecular complexity index is 821. The van der Waals surface area contributed by atoms with Crippen LogP contribution in [0.4, 0.5) is 0 Å². The zero-order valence-corrected chi connectivity index (χ0v) is 15.7. The number of hydrogen-bond acceptors (Lipinski definition) is 3. The number of benzene rings is 2. The first-order chi connectivity index (χ1) is 11.9. The molecule has 0 aliphatic rings. The fourth-order valence-corrected chi connectivity index (χ4v) is 4.20. The Hall–Kier alpha value is -1.89. The van der Waals surface area contributed by atoms with Crippen LogP contribution in [0.5, 0.6) is 0 Å². The van der Waals surface area contributed by atoms with Gasteiger partial charge >= 0.3 is 0 Å². The molecule has 0 bridgehead atoms. The molecule has 5 nitrogen and oxygen atoms in total. The van der Waals surface area contributed by atoms with Crippen LogP contribution in [0.25, 0.3) is 0 Å². The van der Waals surface area contributed by atoms with Gasteiger partial charge in [-0.05, 0) is 31.5 Å². The van der Waals surface area contributed by atoms with Crippen molar-refractivity contribution < 1.29 is 13.2 Å². The first kappa shape index (κ1) is 19.4. The monoisotopic (exact) mass is 380 g/mol. The van der Waals surface area contributed by atoms with Gasteiger partial charge in [0.1, 0.15) is 10.9 Å². The van der Waals surface area contributed by atoms with Crippen LogP contribution in [0.3, 0.4) is 0 Å². The van der Waals surface area contributed by atoms with Gasteiger partial charge in [0.05, 0.1) is 5.02 Å². The summed E-state index contributed by atoms with van der Waals surface area (Å²) >= 11 is 6.02. The van der Waals surface area contributed by atoms with Gasteiger partial charge in [-0.1, -0.05) is 54.1 Å². The molecule has 0 radical (unpaired) electrons. The molecule has 134 valence electrons. The zero-order valence-electron chi connectivity index (χ0n) is 14.1. The van der Waals surface area contributed by atoms with Gasteiger partial charge in [0.25, 0.3) is 0 Å². The second-order valence-corrected chi connectivity index (χ2v) is 7.50. The Morgan fingerprint density at radius 1 is 1.04 bits per heavy atom. The van der Waals surface area contributed by atoms with Crippen molar-refractivity contribution in [2.24, 2.45) is 0 Å². The lowest BCUT2D eigenvalue weighted by molar-refractivity contribution is -0.132. The smallest absolute Gasteiger partial charge is 0.245 e. The summed E-state index contributed by atoms with van der Waals surface area (Å²) in [4.78, 5) is 14.4. The molecule has 0 spiro atoms. The number of rotatable bonds is 7. The van der Waals surface area contributed by atoms with Crippen LogP contribution < -0.4 is 4.72 Å². The average molecular weight is 381 g/mol. The molecule has 1 amide bonds. The first-order valence-electron chi connectivity index (χ1n) is 8.01. The average Bonchev–Trinajstić information content (AvgIpc) is 2.61. The molecule has 0 unspecified atom stereocenters. The third-order valence-corrected chi connectivity index (χ3v) is 5.78. The summed E-state index contributed by atoms with van der Waals surface area (Å²) in [6.07, 6.45) is 0. The molecule has 0 aliphatic heterocycles. The predicted octanol–water partition coefficient (Wildman–Crippen LogP) is 3.23. The number of nitrogens with zero attached hydrogens (tertiary/aromatic N) is 1. The molecule has 0 aliphatic carbocycles. The number of sulfonamides is 1. The standard InChI is InChI=1S/C18H21ClN2O3S/c1-3-21(4-2)18(22)17(14-10-6-5-7-11-14)20-25(23,24)16-13-9-8-12-15(16)19/h5-13,17,20H,3-4H2,1-2H3/t17-/m0/s1. The normalized spacial score (nSPS) is 12.6. The van der Waals surface area contributed by atoms with E-state index >= 15 is 0 Å². The van der Waals surface area contributed by atoms with Crippen molar-refractivity contribution in [2.75, 3.05) is 13.1 Å². The van der Waals surface area contributed by atoms with Gasteiger partial charge < -0.3 is 4.90 Å². The maximum atomic E-state index is 12.9. The van der Waals surface area contributed by atoms with Gasteiger partial charge in [0.15, 0.2) is 0 Å². The summed E-state index contributed by atoms with van der Waals surface area (Å²) in [6, 6.07) is 13.9.